The van der Waals surface area contributed by atoms with Crippen LogP contribution in [0.1, 0.15) is 60.8 Å². The van der Waals surface area contributed by atoms with Gasteiger partial charge < -0.3 is 20.5 Å². The molecule has 0 aliphatic carbocycles. The number of carboxylic acid groups (broad SMARTS) is 1. The maximum atomic E-state index is 12.8. The number of rotatable bonds is 12. The molecule has 42 heavy (non-hydrogen) atoms. The van der Waals surface area contributed by atoms with Gasteiger partial charge in [0.2, 0.25) is 5.91 Å². The highest BCUT2D eigenvalue weighted by molar-refractivity contribution is 5.81. The largest absolute Gasteiger partial charge is 0.496 e. The first-order chi connectivity index (χ1) is 20.4. The van der Waals surface area contributed by atoms with Crippen molar-refractivity contribution in [1.29, 1.82) is 0 Å². The molecule has 3 aliphatic rings. The van der Waals surface area contributed by atoms with Crippen LogP contribution in [0.3, 0.4) is 0 Å². The Bertz CT molecular complexity index is 1310. The summed E-state index contributed by atoms with van der Waals surface area (Å²) in [5.41, 5.74) is 4.97. The molecular weight excluding hydrogens is 526 g/mol. The van der Waals surface area contributed by atoms with Gasteiger partial charge in [-0.3, -0.25) is 14.5 Å². The summed E-state index contributed by atoms with van der Waals surface area (Å²) in [5, 5.41) is 15.6. The molecule has 6 rings (SSSR count). The molecule has 3 saturated heterocycles. The molecule has 0 radical (unpaired) electrons. The predicted molar refractivity (Wildman–Crippen MR) is 165 cm³/mol. The number of hydrogen-bond acceptors (Lipinski definition) is 5. The van der Waals surface area contributed by atoms with Crippen LogP contribution in [0.25, 0.3) is 0 Å². The SMILES string of the molecule is COc1ccc(C(C)C)cc1CN[C@H]1[C@H]2CCN(C[C@@H]2CC(=O)NCC(=O)O)[C@H]1C(c1ccccc1)c1ccccc1. The Balaban J connectivity index is 1.50. The molecule has 2 bridgehead atoms. The molecule has 0 aromatic heterocycles. The third-order valence-electron chi connectivity index (χ3n) is 9.12. The molecule has 3 aromatic carbocycles. The monoisotopic (exact) mass is 569 g/mol. The van der Waals surface area contributed by atoms with Crippen molar-refractivity contribution in [2.75, 3.05) is 26.7 Å². The molecule has 5 atom stereocenters. The van der Waals surface area contributed by atoms with Crippen molar-refractivity contribution in [2.45, 2.75) is 57.2 Å². The maximum absolute atomic E-state index is 12.8. The van der Waals surface area contributed by atoms with Crippen molar-refractivity contribution >= 4 is 11.9 Å². The topological polar surface area (TPSA) is 90.9 Å². The second-order valence-electron chi connectivity index (χ2n) is 12.0. The van der Waals surface area contributed by atoms with Crippen LogP contribution in [0.15, 0.2) is 78.9 Å². The van der Waals surface area contributed by atoms with E-state index in [1.807, 2.05) is 0 Å². The number of nitrogens with zero attached hydrogens (tertiary/aromatic N) is 1. The van der Waals surface area contributed by atoms with Gasteiger partial charge in [0, 0.05) is 43.1 Å². The first-order valence-electron chi connectivity index (χ1n) is 15.1. The number of fused-ring (bicyclic) bond motifs is 3. The van der Waals surface area contributed by atoms with Gasteiger partial charge in [-0.15, -0.1) is 0 Å². The highest BCUT2D eigenvalue weighted by atomic mass is 16.5. The van der Waals surface area contributed by atoms with Gasteiger partial charge in [0.15, 0.2) is 0 Å². The summed E-state index contributed by atoms with van der Waals surface area (Å²) >= 11 is 0. The minimum atomic E-state index is -1.02. The molecule has 7 heteroatoms. The van der Waals surface area contributed by atoms with Gasteiger partial charge in [0.05, 0.1) is 7.11 Å². The maximum Gasteiger partial charge on any atom is 0.322 e. The number of benzene rings is 3. The summed E-state index contributed by atoms with van der Waals surface area (Å²) in [6.07, 6.45) is 1.32. The number of aliphatic carboxylic acids is 1. The second-order valence-corrected chi connectivity index (χ2v) is 12.0. The highest BCUT2D eigenvalue weighted by Gasteiger charge is 2.50. The molecule has 0 saturated carbocycles. The quantitative estimate of drug-likeness (QED) is 0.284. The number of hydrogen-bond donors (Lipinski definition) is 3. The molecular formula is C35H43N3O4. The Kier molecular flexibility index (Phi) is 9.60. The van der Waals surface area contributed by atoms with E-state index in [2.05, 4.69) is 108 Å². The van der Waals surface area contributed by atoms with E-state index in [4.69, 9.17) is 9.84 Å². The van der Waals surface area contributed by atoms with Gasteiger partial charge in [-0.25, -0.2) is 0 Å². The summed E-state index contributed by atoms with van der Waals surface area (Å²) < 4.78 is 5.76. The van der Waals surface area contributed by atoms with E-state index in [9.17, 15) is 9.59 Å². The summed E-state index contributed by atoms with van der Waals surface area (Å²) in [7, 11) is 1.72. The van der Waals surface area contributed by atoms with Gasteiger partial charge in [-0.1, -0.05) is 86.6 Å². The molecule has 3 fully saturated rings. The predicted octanol–water partition coefficient (Wildman–Crippen LogP) is 5.02. The molecule has 7 nitrogen and oxygen atoms in total. The highest BCUT2D eigenvalue weighted by Crippen LogP contribution is 2.45. The van der Waals surface area contributed by atoms with E-state index >= 15 is 0 Å². The van der Waals surface area contributed by atoms with E-state index in [0.717, 1.165) is 30.8 Å². The Labute approximate surface area is 249 Å². The second kappa shape index (κ2) is 13.5. The number of piperidine rings is 3. The van der Waals surface area contributed by atoms with Crippen molar-refractivity contribution in [2.24, 2.45) is 11.8 Å². The summed E-state index contributed by atoms with van der Waals surface area (Å²) in [6, 6.07) is 28.2. The third kappa shape index (κ3) is 6.69. The van der Waals surface area contributed by atoms with Crippen LogP contribution < -0.4 is 15.4 Å². The molecule has 1 amide bonds. The van der Waals surface area contributed by atoms with E-state index in [1.165, 1.54) is 16.7 Å². The average Bonchev–Trinajstić information content (AvgIpc) is 3.01. The zero-order chi connectivity index (χ0) is 29.6. The number of carbonyl (C=O) groups is 2. The number of carboxylic acids is 1. The first kappa shape index (κ1) is 29.8. The van der Waals surface area contributed by atoms with Gasteiger partial charge in [-0.2, -0.15) is 0 Å². The fourth-order valence-corrected chi connectivity index (χ4v) is 7.12. The Morgan fingerprint density at radius 2 is 1.64 bits per heavy atom. The zero-order valence-electron chi connectivity index (χ0n) is 24.8. The Morgan fingerprint density at radius 3 is 2.24 bits per heavy atom. The molecule has 3 aliphatic heterocycles. The van der Waals surface area contributed by atoms with E-state index < -0.39 is 5.97 Å². The van der Waals surface area contributed by atoms with Crippen LogP contribution in [0, 0.1) is 11.8 Å². The van der Waals surface area contributed by atoms with Crippen LogP contribution in [-0.4, -0.2) is 60.7 Å². The molecule has 222 valence electrons. The van der Waals surface area contributed by atoms with Gasteiger partial charge in [0.25, 0.3) is 0 Å². The number of amides is 1. The van der Waals surface area contributed by atoms with Crippen LogP contribution in [0.5, 0.6) is 5.75 Å². The smallest absolute Gasteiger partial charge is 0.322 e. The molecule has 3 aromatic rings. The lowest BCUT2D eigenvalue weighted by Gasteiger charge is -2.57. The van der Waals surface area contributed by atoms with Crippen LogP contribution in [0.2, 0.25) is 0 Å². The van der Waals surface area contributed by atoms with Gasteiger partial charge in [-0.05, 0) is 53.5 Å². The average molecular weight is 570 g/mol. The molecule has 1 unspecified atom stereocenters. The number of carbonyl (C=O) groups excluding carboxylic acids is 1. The first-order valence-corrected chi connectivity index (χ1v) is 15.1. The summed E-state index contributed by atoms with van der Waals surface area (Å²) in [6.45, 7) is 6.50. The lowest BCUT2D eigenvalue weighted by molar-refractivity contribution is -0.138. The number of nitrogens with one attached hydrogen (secondary N) is 2. The van der Waals surface area contributed by atoms with Crippen LogP contribution in [0.4, 0.5) is 0 Å². The molecule has 3 heterocycles. The molecule has 0 spiro atoms. The van der Waals surface area contributed by atoms with Gasteiger partial charge >= 0.3 is 5.97 Å². The normalized spacial score (nSPS) is 23.2. The lowest BCUT2D eigenvalue weighted by Crippen LogP contribution is -2.67. The standard InChI is InChI=1S/C35H43N3O4/c1-23(2)26-14-15-30(42-3)27(18-26)20-37-34-29-16-17-38(22-28(29)19-31(39)36-21-32(40)41)35(34)33(24-10-6-4-7-11-24)25-12-8-5-9-13-25/h4-15,18,23,28-29,33-35,37H,16-17,19-22H2,1-3H3,(H,36,39)(H,40,41)/t28-,29-,34-,35-/m0/s1. The van der Waals surface area contributed by atoms with Crippen LogP contribution in [-0.2, 0) is 16.1 Å². The summed E-state index contributed by atoms with van der Waals surface area (Å²) in [5.74, 6) is 0.620. The van der Waals surface area contributed by atoms with E-state index in [-0.39, 0.29) is 42.3 Å². The minimum absolute atomic E-state index is 0.114. The Hall–Kier alpha value is -3.68. The molecule has 3 N–H and O–H groups in total. The summed E-state index contributed by atoms with van der Waals surface area (Å²) in [4.78, 5) is 26.4. The Morgan fingerprint density at radius 1 is 0.976 bits per heavy atom. The fraction of sp³-hybridized carbons (Fsp3) is 0.429. The zero-order valence-corrected chi connectivity index (χ0v) is 24.8. The van der Waals surface area contributed by atoms with E-state index in [0.29, 0.717) is 18.9 Å². The van der Waals surface area contributed by atoms with Crippen molar-refractivity contribution in [3.8, 4) is 5.75 Å². The van der Waals surface area contributed by atoms with Crippen molar-refractivity contribution < 1.29 is 19.4 Å². The fourth-order valence-electron chi connectivity index (χ4n) is 7.12. The number of ether oxygens (including phenoxy) is 1. The van der Waals surface area contributed by atoms with Crippen molar-refractivity contribution in [3.05, 3.63) is 101 Å². The number of methoxy groups -OCH3 is 1. The van der Waals surface area contributed by atoms with Gasteiger partial charge in [0.1, 0.15) is 12.3 Å². The van der Waals surface area contributed by atoms with E-state index in [1.54, 1.807) is 7.11 Å². The third-order valence-corrected chi connectivity index (χ3v) is 9.12. The lowest BCUT2D eigenvalue weighted by atomic mass is 9.65. The van der Waals surface area contributed by atoms with Crippen molar-refractivity contribution in [1.82, 2.24) is 15.5 Å². The van der Waals surface area contributed by atoms with Crippen LogP contribution >= 0.6 is 0 Å². The minimum Gasteiger partial charge on any atom is -0.496 e. The van der Waals surface area contributed by atoms with Crippen molar-refractivity contribution in [3.63, 3.8) is 0 Å².